The third-order valence-electron chi connectivity index (χ3n) is 6.14. The third-order valence-corrected chi connectivity index (χ3v) is 6.14. The lowest BCUT2D eigenvalue weighted by atomic mass is 9.99. The number of nitrogens with zero attached hydrogens (tertiary/aromatic N) is 3. The number of morpholine rings is 1. The number of furan rings is 1. The molecule has 2 amide bonds. The van der Waals surface area contributed by atoms with Crippen LogP contribution in [0.5, 0.6) is 0 Å². The first-order valence-electron chi connectivity index (χ1n) is 11.9. The van der Waals surface area contributed by atoms with E-state index in [0.717, 1.165) is 27.9 Å². The predicted molar refractivity (Wildman–Crippen MR) is 138 cm³/mol. The zero-order valence-electron chi connectivity index (χ0n) is 20.5. The molecule has 9 nitrogen and oxygen atoms in total. The van der Waals surface area contributed by atoms with Crippen molar-refractivity contribution in [3.63, 3.8) is 0 Å². The van der Waals surface area contributed by atoms with Crippen LogP contribution in [0.1, 0.15) is 13.8 Å². The number of amides is 2. The van der Waals surface area contributed by atoms with E-state index in [0.29, 0.717) is 43.5 Å². The first-order valence-corrected chi connectivity index (χ1v) is 11.9. The van der Waals surface area contributed by atoms with Gasteiger partial charge in [-0.15, -0.1) is 0 Å². The van der Waals surface area contributed by atoms with Gasteiger partial charge in [-0.25, -0.2) is 14.4 Å². The van der Waals surface area contributed by atoms with Crippen LogP contribution in [0.3, 0.4) is 0 Å². The minimum atomic E-state index is -0.671. The summed E-state index contributed by atoms with van der Waals surface area (Å²) >= 11 is 0. The van der Waals surface area contributed by atoms with Gasteiger partial charge in [0.2, 0.25) is 17.5 Å². The standard InChI is InChI=1S/C27H26FN5O4/c1-16(31-17(2)34)26(35)32-21-9-5-19(6-10-21)24-22(18-3-7-20(28)8-4-18)23-25(29-15-30-27(23)37-24)33-11-13-36-14-12-33/h3-10,15-16H,11-14H2,1-2H3,(H,31,34)(H,32,35). The Bertz CT molecular complexity index is 1430. The van der Waals surface area contributed by atoms with Gasteiger partial charge in [-0.05, 0) is 48.9 Å². The van der Waals surface area contributed by atoms with Crippen LogP contribution in [-0.2, 0) is 14.3 Å². The Morgan fingerprint density at radius 1 is 1.00 bits per heavy atom. The fourth-order valence-electron chi connectivity index (χ4n) is 4.35. The van der Waals surface area contributed by atoms with Gasteiger partial charge >= 0.3 is 0 Å². The average Bonchev–Trinajstić information content (AvgIpc) is 3.29. The quantitative estimate of drug-likeness (QED) is 0.409. The number of hydrogen-bond donors (Lipinski definition) is 2. The van der Waals surface area contributed by atoms with Crippen LogP contribution in [-0.4, -0.2) is 54.1 Å². The Balaban J connectivity index is 1.56. The monoisotopic (exact) mass is 503 g/mol. The Morgan fingerprint density at radius 3 is 2.35 bits per heavy atom. The van der Waals surface area contributed by atoms with Crippen LogP contribution in [0.25, 0.3) is 33.6 Å². The first kappa shape index (κ1) is 24.4. The molecule has 190 valence electrons. The van der Waals surface area contributed by atoms with Gasteiger partial charge < -0.3 is 24.7 Å². The second kappa shape index (κ2) is 10.4. The minimum absolute atomic E-state index is 0.282. The Hall–Kier alpha value is -4.31. The van der Waals surface area contributed by atoms with E-state index in [1.54, 1.807) is 31.2 Å². The minimum Gasteiger partial charge on any atom is -0.437 e. The van der Waals surface area contributed by atoms with Crippen LogP contribution in [0.15, 0.2) is 59.3 Å². The third kappa shape index (κ3) is 5.14. The molecular formula is C27H26FN5O4. The second-order valence-electron chi connectivity index (χ2n) is 8.78. The number of ether oxygens (including phenoxy) is 1. The summed E-state index contributed by atoms with van der Waals surface area (Å²) in [7, 11) is 0. The molecular weight excluding hydrogens is 477 g/mol. The molecule has 1 aliphatic rings. The van der Waals surface area contributed by atoms with Crippen molar-refractivity contribution < 1.29 is 23.1 Å². The number of hydrogen-bond acceptors (Lipinski definition) is 7. The Morgan fingerprint density at radius 2 is 1.68 bits per heavy atom. The summed E-state index contributed by atoms with van der Waals surface area (Å²) in [4.78, 5) is 34.7. The van der Waals surface area contributed by atoms with E-state index in [-0.39, 0.29) is 17.6 Å². The van der Waals surface area contributed by atoms with Crippen molar-refractivity contribution in [3.8, 4) is 22.5 Å². The van der Waals surface area contributed by atoms with Gasteiger partial charge in [0.15, 0.2) is 0 Å². The lowest BCUT2D eigenvalue weighted by Crippen LogP contribution is -2.40. The van der Waals surface area contributed by atoms with Crippen molar-refractivity contribution in [1.29, 1.82) is 0 Å². The largest absolute Gasteiger partial charge is 0.437 e. The van der Waals surface area contributed by atoms with Gasteiger partial charge in [0, 0.05) is 36.8 Å². The molecule has 0 bridgehead atoms. The number of carbonyl (C=O) groups excluding carboxylic acids is 2. The number of nitrogens with one attached hydrogen (secondary N) is 2. The van der Waals surface area contributed by atoms with E-state index in [1.165, 1.54) is 25.4 Å². The van der Waals surface area contributed by atoms with Crippen LogP contribution in [0, 0.1) is 5.82 Å². The molecule has 0 aliphatic carbocycles. The lowest BCUT2D eigenvalue weighted by molar-refractivity contribution is -0.124. The first-order chi connectivity index (χ1) is 17.9. The fourth-order valence-corrected chi connectivity index (χ4v) is 4.35. The lowest BCUT2D eigenvalue weighted by Gasteiger charge is -2.28. The number of rotatable bonds is 6. The summed E-state index contributed by atoms with van der Waals surface area (Å²) in [5.74, 6) is 0.343. The fraction of sp³-hybridized carbons (Fsp3) is 0.259. The van der Waals surface area contributed by atoms with E-state index in [9.17, 15) is 14.0 Å². The highest BCUT2D eigenvalue weighted by atomic mass is 19.1. The summed E-state index contributed by atoms with van der Waals surface area (Å²) in [5, 5.41) is 6.09. The van der Waals surface area contributed by atoms with Crippen LogP contribution < -0.4 is 15.5 Å². The van der Waals surface area contributed by atoms with Gasteiger partial charge in [-0.1, -0.05) is 12.1 Å². The summed E-state index contributed by atoms with van der Waals surface area (Å²) in [6.07, 6.45) is 1.48. The molecule has 1 aliphatic heterocycles. The summed E-state index contributed by atoms with van der Waals surface area (Å²) in [6, 6.07) is 12.7. The molecule has 10 heteroatoms. The number of fused-ring (bicyclic) bond motifs is 1. The number of halogens is 1. The molecule has 4 aromatic rings. The zero-order chi connectivity index (χ0) is 25.9. The summed E-state index contributed by atoms with van der Waals surface area (Å²) < 4.78 is 25.6. The number of aromatic nitrogens is 2. The normalized spacial score (nSPS) is 14.4. The molecule has 2 aromatic heterocycles. The molecule has 2 N–H and O–H groups in total. The molecule has 0 saturated carbocycles. The van der Waals surface area contributed by atoms with Crippen molar-refractivity contribution in [1.82, 2.24) is 15.3 Å². The highest BCUT2D eigenvalue weighted by Gasteiger charge is 2.25. The van der Waals surface area contributed by atoms with Crippen LogP contribution >= 0.6 is 0 Å². The smallest absolute Gasteiger partial charge is 0.246 e. The second-order valence-corrected chi connectivity index (χ2v) is 8.78. The Labute approximate surface area is 212 Å². The van der Waals surface area contributed by atoms with Crippen molar-refractivity contribution in [2.45, 2.75) is 19.9 Å². The molecule has 0 spiro atoms. The summed E-state index contributed by atoms with van der Waals surface area (Å²) in [6.45, 7) is 5.52. The topological polar surface area (TPSA) is 110 Å². The van der Waals surface area contributed by atoms with E-state index in [1.807, 2.05) is 12.1 Å². The predicted octanol–water partition coefficient (Wildman–Crippen LogP) is 4.00. The molecule has 1 atom stereocenters. The average molecular weight is 504 g/mol. The molecule has 1 fully saturated rings. The molecule has 5 rings (SSSR count). The SMILES string of the molecule is CC(=O)NC(C)C(=O)Nc1ccc(-c2oc3ncnc(N4CCOCC4)c3c2-c2ccc(F)cc2)cc1. The highest BCUT2D eigenvalue weighted by molar-refractivity contribution is 6.06. The molecule has 3 heterocycles. The van der Waals surface area contributed by atoms with Crippen molar-refractivity contribution in [3.05, 3.63) is 60.7 Å². The molecule has 0 radical (unpaired) electrons. The van der Waals surface area contributed by atoms with Crippen LogP contribution in [0.4, 0.5) is 15.9 Å². The number of anilines is 2. The molecule has 37 heavy (non-hydrogen) atoms. The molecule has 1 saturated heterocycles. The maximum Gasteiger partial charge on any atom is 0.246 e. The highest BCUT2D eigenvalue weighted by Crippen LogP contribution is 2.43. The Kier molecular flexibility index (Phi) is 6.82. The van der Waals surface area contributed by atoms with Gasteiger partial charge in [0.25, 0.3) is 0 Å². The maximum absolute atomic E-state index is 13.8. The maximum atomic E-state index is 13.8. The number of benzene rings is 2. The number of carbonyl (C=O) groups is 2. The van der Waals surface area contributed by atoms with E-state index in [2.05, 4.69) is 25.5 Å². The molecule has 1 unspecified atom stereocenters. The van der Waals surface area contributed by atoms with Gasteiger partial charge in [-0.2, -0.15) is 0 Å². The van der Waals surface area contributed by atoms with Gasteiger partial charge in [0.05, 0.1) is 18.6 Å². The molecule has 2 aromatic carbocycles. The van der Waals surface area contributed by atoms with Crippen molar-refractivity contribution in [2.75, 3.05) is 36.5 Å². The zero-order valence-corrected chi connectivity index (χ0v) is 20.5. The van der Waals surface area contributed by atoms with Gasteiger partial charge in [0.1, 0.15) is 29.8 Å². The van der Waals surface area contributed by atoms with E-state index >= 15 is 0 Å². The van der Waals surface area contributed by atoms with Gasteiger partial charge in [-0.3, -0.25) is 9.59 Å². The summed E-state index contributed by atoms with van der Waals surface area (Å²) in [5.41, 5.74) is 3.26. The van der Waals surface area contributed by atoms with E-state index < -0.39 is 6.04 Å². The van der Waals surface area contributed by atoms with Crippen LogP contribution in [0.2, 0.25) is 0 Å². The van der Waals surface area contributed by atoms with E-state index in [4.69, 9.17) is 9.15 Å². The van der Waals surface area contributed by atoms with Crippen molar-refractivity contribution >= 4 is 34.4 Å². The van der Waals surface area contributed by atoms with Crippen molar-refractivity contribution in [2.24, 2.45) is 0 Å².